The molecule has 0 bridgehead atoms. The first-order chi connectivity index (χ1) is 12.6. The lowest BCUT2D eigenvalue weighted by atomic mass is 10.2. The molecular weight excluding hydrogens is 356 g/mol. The molecule has 2 aromatic heterocycles. The minimum atomic E-state index is 0.199. The number of rotatable bonds is 4. The quantitative estimate of drug-likeness (QED) is 0.657. The Morgan fingerprint density at radius 3 is 2.85 bits per heavy atom. The zero-order chi connectivity index (χ0) is 18.1. The van der Waals surface area contributed by atoms with E-state index >= 15 is 0 Å². The van der Waals surface area contributed by atoms with Crippen molar-refractivity contribution < 1.29 is 14.0 Å². The van der Waals surface area contributed by atoms with E-state index < -0.39 is 0 Å². The SMILES string of the molecule is N#Cc1c(N)cc(N)nc1SCc1nc(-c2ccc3c(c2)OCO3)no1. The van der Waals surface area contributed by atoms with Crippen molar-refractivity contribution in [2.24, 2.45) is 0 Å². The van der Waals surface area contributed by atoms with Gasteiger partial charge in [-0.15, -0.1) is 0 Å². The molecule has 130 valence electrons. The highest BCUT2D eigenvalue weighted by Crippen LogP contribution is 2.35. The van der Waals surface area contributed by atoms with E-state index in [4.69, 9.17) is 25.5 Å². The second-order valence-electron chi connectivity index (χ2n) is 5.30. The van der Waals surface area contributed by atoms with Crippen LogP contribution in [0.15, 0.2) is 33.8 Å². The summed E-state index contributed by atoms with van der Waals surface area (Å²) in [5.41, 5.74) is 12.8. The highest BCUT2D eigenvalue weighted by atomic mass is 32.2. The van der Waals surface area contributed by atoms with Gasteiger partial charge in [-0.3, -0.25) is 0 Å². The van der Waals surface area contributed by atoms with Gasteiger partial charge in [0.1, 0.15) is 22.5 Å². The highest BCUT2D eigenvalue weighted by Gasteiger charge is 2.17. The van der Waals surface area contributed by atoms with E-state index in [1.54, 1.807) is 12.1 Å². The Balaban J connectivity index is 1.52. The van der Waals surface area contributed by atoms with Gasteiger partial charge in [0, 0.05) is 11.6 Å². The Morgan fingerprint density at radius 1 is 1.15 bits per heavy atom. The molecule has 0 amide bonds. The van der Waals surface area contributed by atoms with E-state index in [1.807, 2.05) is 12.1 Å². The number of anilines is 2. The highest BCUT2D eigenvalue weighted by molar-refractivity contribution is 7.98. The van der Waals surface area contributed by atoms with Crippen LogP contribution < -0.4 is 20.9 Å². The predicted molar refractivity (Wildman–Crippen MR) is 93.2 cm³/mol. The molecular formula is C16H12N6O3S. The molecule has 3 aromatic rings. The molecule has 0 radical (unpaired) electrons. The van der Waals surface area contributed by atoms with Crippen molar-refractivity contribution >= 4 is 23.3 Å². The van der Waals surface area contributed by atoms with Gasteiger partial charge >= 0.3 is 0 Å². The van der Waals surface area contributed by atoms with Gasteiger partial charge in [-0.05, 0) is 18.2 Å². The van der Waals surface area contributed by atoms with Crippen LogP contribution in [0.2, 0.25) is 0 Å². The van der Waals surface area contributed by atoms with E-state index in [0.717, 1.165) is 5.56 Å². The number of thioether (sulfide) groups is 1. The monoisotopic (exact) mass is 368 g/mol. The first-order valence-electron chi connectivity index (χ1n) is 7.45. The molecule has 4 N–H and O–H groups in total. The Labute approximate surface area is 151 Å². The Kier molecular flexibility index (Phi) is 3.98. The van der Waals surface area contributed by atoms with Crippen molar-refractivity contribution in [1.82, 2.24) is 15.1 Å². The lowest BCUT2D eigenvalue weighted by molar-refractivity contribution is 0.174. The van der Waals surface area contributed by atoms with E-state index in [-0.39, 0.29) is 23.9 Å². The predicted octanol–water partition coefficient (Wildman–Crippen LogP) is 2.19. The number of nitrogen functional groups attached to an aromatic ring is 2. The van der Waals surface area contributed by atoms with Crippen LogP contribution in [0.5, 0.6) is 11.5 Å². The molecule has 0 saturated carbocycles. The molecule has 0 spiro atoms. The number of benzene rings is 1. The minimum Gasteiger partial charge on any atom is -0.454 e. The fraction of sp³-hybridized carbons (Fsp3) is 0.125. The molecule has 1 aromatic carbocycles. The Morgan fingerprint density at radius 2 is 2.00 bits per heavy atom. The molecule has 0 fully saturated rings. The fourth-order valence-electron chi connectivity index (χ4n) is 2.37. The first-order valence-corrected chi connectivity index (χ1v) is 8.44. The zero-order valence-electron chi connectivity index (χ0n) is 13.3. The molecule has 10 heteroatoms. The maximum Gasteiger partial charge on any atom is 0.237 e. The van der Waals surface area contributed by atoms with Crippen LogP contribution in [0.4, 0.5) is 11.5 Å². The van der Waals surface area contributed by atoms with Gasteiger partial charge in [0.15, 0.2) is 11.5 Å². The van der Waals surface area contributed by atoms with Crippen LogP contribution >= 0.6 is 11.8 Å². The molecule has 0 atom stereocenters. The number of pyridine rings is 1. The van der Waals surface area contributed by atoms with Gasteiger partial charge < -0.3 is 25.5 Å². The van der Waals surface area contributed by atoms with Crippen LogP contribution in [-0.4, -0.2) is 21.9 Å². The number of nitrogens with zero attached hydrogens (tertiary/aromatic N) is 4. The van der Waals surface area contributed by atoms with Gasteiger partial charge in [0.2, 0.25) is 18.5 Å². The Bertz CT molecular complexity index is 1030. The van der Waals surface area contributed by atoms with Crippen molar-refractivity contribution in [3.8, 4) is 29.0 Å². The van der Waals surface area contributed by atoms with Gasteiger partial charge in [-0.25, -0.2) is 4.98 Å². The van der Waals surface area contributed by atoms with E-state index in [9.17, 15) is 5.26 Å². The number of hydrogen-bond acceptors (Lipinski definition) is 10. The molecule has 26 heavy (non-hydrogen) atoms. The average molecular weight is 368 g/mol. The summed E-state index contributed by atoms with van der Waals surface area (Å²) >= 11 is 1.25. The van der Waals surface area contributed by atoms with Gasteiger partial charge in [0.05, 0.1) is 11.4 Å². The van der Waals surface area contributed by atoms with Crippen molar-refractivity contribution in [2.45, 2.75) is 10.8 Å². The lowest BCUT2D eigenvalue weighted by Crippen LogP contribution is -2.00. The zero-order valence-corrected chi connectivity index (χ0v) is 14.1. The number of fused-ring (bicyclic) bond motifs is 1. The Hall–Kier alpha value is -3.45. The summed E-state index contributed by atoms with van der Waals surface area (Å²) < 4.78 is 15.9. The molecule has 9 nitrogen and oxygen atoms in total. The summed E-state index contributed by atoms with van der Waals surface area (Å²) in [6, 6.07) is 8.88. The number of nitrogens with two attached hydrogens (primary N) is 2. The maximum absolute atomic E-state index is 9.22. The molecule has 1 aliphatic heterocycles. The summed E-state index contributed by atoms with van der Waals surface area (Å²) in [5, 5.41) is 13.6. The molecule has 0 unspecified atom stereocenters. The third kappa shape index (κ3) is 2.96. The summed E-state index contributed by atoms with van der Waals surface area (Å²) in [6.07, 6.45) is 0. The molecule has 3 heterocycles. The second-order valence-corrected chi connectivity index (χ2v) is 6.26. The van der Waals surface area contributed by atoms with Crippen molar-refractivity contribution in [3.05, 3.63) is 35.7 Å². The van der Waals surface area contributed by atoms with Gasteiger partial charge in [0.25, 0.3) is 0 Å². The molecule has 0 aliphatic carbocycles. The number of ether oxygens (including phenoxy) is 2. The van der Waals surface area contributed by atoms with Gasteiger partial charge in [-0.1, -0.05) is 16.9 Å². The fourth-order valence-corrected chi connectivity index (χ4v) is 3.23. The van der Waals surface area contributed by atoms with Crippen molar-refractivity contribution in [3.63, 3.8) is 0 Å². The summed E-state index contributed by atoms with van der Waals surface area (Å²) in [4.78, 5) is 8.50. The van der Waals surface area contributed by atoms with E-state index in [0.29, 0.717) is 34.0 Å². The number of aromatic nitrogens is 3. The summed E-state index contributed by atoms with van der Waals surface area (Å²) in [6.45, 7) is 0.199. The molecule has 0 saturated heterocycles. The second kappa shape index (κ2) is 6.45. The molecule has 1 aliphatic rings. The standard InChI is InChI=1S/C16H12N6O3S/c17-5-9-10(18)4-13(19)20-16(9)26-6-14-21-15(22-25-14)8-1-2-11-12(3-8)24-7-23-11/h1-4H,6-7H2,(H4,18,19,20). The van der Waals surface area contributed by atoms with Crippen LogP contribution in [0.1, 0.15) is 11.5 Å². The number of nitriles is 1. The van der Waals surface area contributed by atoms with Crippen LogP contribution in [0.25, 0.3) is 11.4 Å². The maximum atomic E-state index is 9.22. The van der Waals surface area contributed by atoms with Gasteiger partial charge in [-0.2, -0.15) is 10.2 Å². The molecule has 4 rings (SSSR count). The lowest BCUT2D eigenvalue weighted by Gasteiger charge is -2.05. The normalized spacial score (nSPS) is 12.1. The largest absolute Gasteiger partial charge is 0.454 e. The summed E-state index contributed by atoms with van der Waals surface area (Å²) in [5.74, 6) is 2.70. The minimum absolute atomic E-state index is 0.199. The van der Waals surface area contributed by atoms with E-state index in [2.05, 4.69) is 15.1 Å². The van der Waals surface area contributed by atoms with Crippen molar-refractivity contribution in [1.29, 1.82) is 5.26 Å². The number of hydrogen-bond donors (Lipinski definition) is 2. The first kappa shape index (κ1) is 16.0. The van der Waals surface area contributed by atoms with E-state index in [1.165, 1.54) is 17.8 Å². The van der Waals surface area contributed by atoms with Crippen LogP contribution in [0.3, 0.4) is 0 Å². The third-order valence-corrected chi connectivity index (χ3v) is 4.54. The topological polar surface area (TPSA) is 146 Å². The third-order valence-electron chi connectivity index (χ3n) is 3.58. The van der Waals surface area contributed by atoms with Crippen molar-refractivity contribution in [2.75, 3.05) is 18.3 Å². The smallest absolute Gasteiger partial charge is 0.237 e. The average Bonchev–Trinajstić information content (AvgIpc) is 3.28. The summed E-state index contributed by atoms with van der Waals surface area (Å²) in [7, 11) is 0. The van der Waals surface area contributed by atoms with Crippen LogP contribution in [0, 0.1) is 11.3 Å². The van der Waals surface area contributed by atoms with Crippen LogP contribution in [-0.2, 0) is 5.75 Å².